The number of H-pyrrole nitrogens is 1. The molecule has 5 rings (SSSR count). The zero-order valence-electron chi connectivity index (χ0n) is 20.8. The van der Waals surface area contributed by atoms with Crippen molar-refractivity contribution in [3.63, 3.8) is 0 Å². The van der Waals surface area contributed by atoms with Gasteiger partial charge < -0.3 is 19.4 Å². The Morgan fingerprint density at radius 3 is 2.69 bits per heavy atom. The van der Waals surface area contributed by atoms with Crippen molar-refractivity contribution < 1.29 is 9.53 Å². The average Bonchev–Trinajstić information content (AvgIpc) is 3.54. The number of aromatic amines is 1. The molecule has 4 aromatic rings. The molecule has 0 atom stereocenters. The van der Waals surface area contributed by atoms with E-state index in [0.29, 0.717) is 23.9 Å². The van der Waals surface area contributed by atoms with Crippen molar-refractivity contribution in [2.24, 2.45) is 0 Å². The van der Waals surface area contributed by atoms with E-state index in [1.165, 1.54) is 17.9 Å². The van der Waals surface area contributed by atoms with Crippen LogP contribution < -0.4 is 4.90 Å². The molecule has 1 fully saturated rings. The highest BCUT2D eigenvalue weighted by molar-refractivity contribution is 7.21. The second-order valence-corrected chi connectivity index (χ2v) is 9.87. The molecule has 0 spiro atoms. The van der Waals surface area contributed by atoms with Crippen LogP contribution in [0.2, 0.25) is 0 Å². The number of ether oxygens (including phenoxy) is 1. The molecule has 0 unspecified atom stereocenters. The second kappa shape index (κ2) is 11.7. The fourth-order valence-corrected chi connectivity index (χ4v) is 4.72. The molecule has 1 N–H and O–H groups in total. The van der Waals surface area contributed by atoms with Crippen molar-refractivity contribution in [1.29, 1.82) is 0 Å². The van der Waals surface area contributed by atoms with Crippen molar-refractivity contribution in [3.8, 4) is 11.4 Å². The Hall–Kier alpha value is -2.92. The summed E-state index contributed by atoms with van der Waals surface area (Å²) in [5.41, 5.74) is 2.66. The first-order chi connectivity index (χ1) is 17.0. The number of thiophene rings is 1. The van der Waals surface area contributed by atoms with Gasteiger partial charge in [-0.1, -0.05) is 19.1 Å². The minimum absolute atomic E-state index is 0.640. The maximum Gasteiger partial charge on any atom is 0.162 e. The van der Waals surface area contributed by atoms with E-state index >= 15 is 0 Å². The molecule has 0 bridgehead atoms. The quantitative estimate of drug-likeness (QED) is 0.390. The minimum Gasteiger partial charge on any atom is -0.378 e. The van der Waals surface area contributed by atoms with Crippen molar-refractivity contribution in [2.45, 2.75) is 6.92 Å². The highest BCUT2D eigenvalue weighted by Gasteiger charge is 2.21. The van der Waals surface area contributed by atoms with Gasteiger partial charge in [-0.3, -0.25) is 9.89 Å². The van der Waals surface area contributed by atoms with Gasteiger partial charge in [0.1, 0.15) is 0 Å². The lowest BCUT2D eigenvalue weighted by Crippen LogP contribution is -2.36. The van der Waals surface area contributed by atoms with Crippen molar-refractivity contribution >= 4 is 44.6 Å². The molecular formula is C25H33N7O2S. The molecule has 0 saturated carbocycles. The number of nitrogens with zero attached hydrogens (tertiary/aromatic N) is 6. The average molecular weight is 496 g/mol. The number of rotatable bonds is 7. The van der Waals surface area contributed by atoms with Gasteiger partial charge in [-0.2, -0.15) is 5.10 Å². The van der Waals surface area contributed by atoms with Crippen LogP contribution in [0.25, 0.3) is 32.5 Å². The second-order valence-electron chi connectivity index (χ2n) is 8.79. The molecule has 10 heteroatoms. The Morgan fingerprint density at radius 2 is 1.97 bits per heavy atom. The van der Waals surface area contributed by atoms with Crippen molar-refractivity contribution in [2.75, 3.05) is 72.0 Å². The number of aromatic nitrogens is 4. The first-order valence-corrected chi connectivity index (χ1v) is 12.7. The third-order valence-electron chi connectivity index (χ3n) is 5.99. The minimum atomic E-state index is 0.640. The van der Waals surface area contributed by atoms with Crippen LogP contribution in [0.4, 0.5) is 5.82 Å². The van der Waals surface area contributed by atoms with Gasteiger partial charge >= 0.3 is 0 Å². The Morgan fingerprint density at radius 1 is 1.17 bits per heavy atom. The number of anilines is 1. The Bertz CT molecular complexity index is 1260. The number of hydrogen-bond acceptors (Lipinski definition) is 9. The topological polar surface area (TPSA) is 90.5 Å². The third kappa shape index (κ3) is 6.02. The van der Waals surface area contributed by atoms with Gasteiger partial charge in [0.05, 0.1) is 40.0 Å². The summed E-state index contributed by atoms with van der Waals surface area (Å²) in [6.45, 7) is 8.54. The normalized spacial score (nSPS) is 14.1. The Labute approximate surface area is 209 Å². The summed E-state index contributed by atoms with van der Waals surface area (Å²) >= 11 is 1.43. The molecule has 1 saturated heterocycles. The number of hydrogen-bond donors (Lipinski definition) is 1. The monoisotopic (exact) mass is 495 g/mol. The first kappa shape index (κ1) is 25.2. The molecule has 3 aromatic heterocycles. The molecule has 0 amide bonds. The summed E-state index contributed by atoms with van der Waals surface area (Å²) in [6, 6.07) is 7.76. The largest absolute Gasteiger partial charge is 0.378 e. The van der Waals surface area contributed by atoms with Crippen LogP contribution >= 0.6 is 11.3 Å². The SMILES string of the molecule is CCN(C)CCN(C)C.O=Cc1cc2nc(-c3cccc4[nH]ncc34)nc(N3CCOCC3)c2s1. The molecular weight excluding hydrogens is 462 g/mol. The zero-order valence-corrected chi connectivity index (χ0v) is 21.6. The van der Waals surface area contributed by atoms with Gasteiger partial charge in [0.2, 0.25) is 0 Å². The number of aldehydes is 1. The summed E-state index contributed by atoms with van der Waals surface area (Å²) in [5.74, 6) is 1.51. The highest BCUT2D eigenvalue weighted by Crippen LogP contribution is 2.35. The molecule has 4 heterocycles. The highest BCUT2D eigenvalue weighted by atomic mass is 32.1. The van der Waals surface area contributed by atoms with Gasteiger partial charge in [-0.25, -0.2) is 9.97 Å². The van der Waals surface area contributed by atoms with E-state index in [-0.39, 0.29) is 0 Å². The van der Waals surface area contributed by atoms with Crippen molar-refractivity contribution in [3.05, 3.63) is 35.3 Å². The molecule has 186 valence electrons. The number of benzene rings is 1. The lowest BCUT2D eigenvalue weighted by Gasteiger charge is -2.28. The van der Waals surface area contributed by atoms with E-state index in [1.54, 1.807) is 6.20 Å². The Kier molecular flexibility index (Phi) is 8.40. The van der Waals surface area contributed by atoms with Crippen LogP contribution in [0, 0.1) is 0 Å². The van der Waals surface area contributed by atoms with Crippen LogP contribution in [0.5, 0.6) is 0 Å². The van der Waals surface area contributed by atoms with Crippen LogP contribution in [0.3, 0.4) is 0 Å². The lowest BCUT2D eigenvalue weighted by molar-refractivity contribution is 0.112. The van der Waals surface area contributed by atoms with Crippen LogP contribution in [-0.4, -0.2) is 103 Å². The van der Waals surface area contributed by atoms with E-state index in [9.17, 15) is 4.79 Å². The van der Waals surface area contributed by atoms with E-state index in [4.69, 9.17) is 14.7 Å². The maximum absolute atomic E-state index is 11.3. The lowest BCUT2D eigenvalue weighted by atomic mass is 10.1. The third-order valence-corrected chi connectivity index (χ3v) is 7.04. The van der Waals surface area contributed by atoms with Gasteiger partial charge in [0.15, 0.2) is 17.9 Å². The number of carbonyl (C=O) groups is 1. The first-order valence-electron chi connectivity index (χ1n) is 11.8. The van der Waals surface area contributed by atoms with E-state index < -0.39 is 0 Å². The summed E-state index contributed by atoms with van der Waals surface area (Å²) in [5, 5.41) is 8.09. The van der Waals surface area contributed by atoms with Crippen molar-refractivity contribution in [1.82, 2.24) is 30.0 Å². The molecule has 0 radical (unpaired) electrons. The molecule has 35 heavy (non-hydrogen) atoms. The molecule has 1 aliphatic heterocycles. The van der Waals surface area contributed by atoms with E-state index in [2.05, 4.69) is 53.0 Å². The summed E-state index contributed by atoms with van der Waals surface area (Å²) in [6.07, 6.45) is 2.66. The zero-order chi connectivity index (χ0) is 24.8. The summed E-state index contributed by atoms with van der Waals surface area (Å²) in [4.78, 5) is 28.3. The number of carbonyl (C=O) groups excluding carboxylic acids is 1. The molecule has 0 aliphatic carbocycles. The molecule has 9 nitrogen and oxygen atoms in total. The number of nitrogens with one attached hydrogen (secondary N) is 1. The molecule has 1 aromatic carbocycles. The van der Waals surface area contributed by atoms with Gasteiger partial charge in [0.25, 0.3) is 0 Å². The summed E-state index contributed by atoms with van der Waals surface area (Å²) < 4.78 is 6.41. The van der Waals surface area contributed by atoms with Crippen LogP contribution in [-0.2, 0) is 4.74 Å². The predicted molar refractivity (Wildman–Crippen MR) is 143 cm³/mol. The fourth-order valence-electron chi connectivity index (χ4n) is 3.79. The van der Waals surface area contributed by atoms with Gasteiger partial charge in [-0.15, -0.1) is 11.3 Å². The number of likely N-dealkylation sites (N-methyl/N-ethyl adjacent to an activating group) is 2. The predicted octanol–water partition coefficient (Wildman–Crippen LogP) is 3.38. The summed E-state index contributed by atoms with van der Waals surface area (Å²) in [7, 11) is 6.34. The number of fused-ring (bicyclic) bond motifs is 2. The van der Waals surface area contributed by atoms with E-state index in [0.717, 1.165) is 65.0 Å². The van der Waals surface area contributed by atoms with Crippen LogP contribution in [0.1, 0.15) is 16.6 Å². The Balaban J connectivity index is 0.000000277. The van der Waals surface area contributed by atoms with Gasteiger partial charge in [0, 0.05) is 37.1 Å². The van der Waals surface area contributed by atoms with Crippen LogP contribution in [0.15, 0.2) is 30.5 Å². The number of morpholine rings is 1. The maximum atomic E-state index is 11.3. The smallest absolute Gasteiger partial charge is 0.162 e. The standard InChI is InChI=1S/C18H15N5O2S.C7H18N2/c24-10-11-8-15-16(26-11)18(23-4-6-25-7-5-23)21-17(20-15)12-2-1-3-14-13(12)9-19-22-14;1-5-9(4)7-6-8(2)3/h1-3,8-10H,4-7H2,(H,19,22);5-7H2,1-4H3. The molecule has 1 aliphatic rings. The van der Waals surface area contributed by atoms with Gasteiger partial charge in [-0.05, 0) is 39.8 Å². The van der Waals surface area contributed by atoms with E-state index in [1.807, 2.05) is 24.3 Å². The fraction of sp³-hybridized carbons (Fsp3) is 0.440.